The van der Waals surface area contributed by atoms with Gasteiger partial charge in [0, 0.05) is 11.4 Å². The molecule has 27 heavy (non-hydrogen) atoms. The van der Waals surface area contributed by atoms with E-state index in [4.69, 9.17) is 9.47 Å². The number of hydrogen-bond acceptors (Lipinski definition) is 5. The van der Waals surface area contributed by atoms with Gasteiger partial charge in [-0.2, -0.15) is 0 Å². The van der Waals surface area contributed by atoms with E-state index in [1.54, 1.807) is 68.4 Å². The number of para-hydroxylation sites is 2. The first-order chi connectivity index (χ1) is 13.1. The fraction of sp³-hybridized carbons (Fsp3) is 0.250. The largest absolute Gasteiger partial charge is 0.464 e. The second-order valence-electron chi connectivity index (χ2n) is 5.41. The molecule has 2 aromatic rings. The molecule has 0 heterocycles. The molecule has 0 aliphatic carbocycles. The first kappa shape index (κ1) is 20.0. The third-order valence-electron chi connectivity index (χ3n) is 3.56. The van der Waals surface area contributed by atoms with Crippen LogP contribution in [0.5, 0.6) is 0 Å². The van der Waals surface area contributed by atoms with Crippen LogP contribution in [0.15, 0.2) is 60.7 Å². The number of nitrogens with zero attached hydrogens (tertiary/aromatic N) is 1. The number of esters is 2. The fourth-order valence-corrected chi connectivity index (χ4v) is 2.43. The highest BCUT2D eigenvalue weighted by molar-refractivity contribution is 6.13. The molecule has 0 atom stereocenters. The molecular weight excluding hydrogens is 348 g/mol. The van der Waals surface area contributed by atoms with Crippen LogP contribution in [0.4, 0.5) is 16.2 Å². The summed E-state index contributed by atoms with van der Waals surface area (Å²) >= 11 is 0. The van der Waals surface area contributed by atoms with E-state index in [2.05, 4.69) is 5.32 Å². The predicted molar refractivity (Wildman–Crippen MR) is 101 cm³/mol. The lowest BCUT2D eigenvalue weighted by Crippen LogP contribution is -2.53. The Balaban J connectivity index is 2.43. The lowest BCUT2D eigenvalue weighted by Gasteiger charge is -2.28. The Morgan fingerprint density at radius 2 is 1.33 bits per heavy atom. The van der Waals surface area contributed by atoms with Crippen molar-refractivity contribution in [3.8, 4) is 0 Å². The molecule has 0 fully saturated rings. The van der Waals surface area contributed by atoms with Gasteiger partial charge in [-0.3, -0.25) is 4.90 Å². The van der Waals surface area contributed by atoms with E-state index in [9.17, 15) is 14.4 Å². The molecule has 0 unspecified atom stereocenters. The maximum atomic E-state index is 13.0. The minimum absolute atomic E-state index is 0.0671. The Labute approximate surface area is 157 Å². The Morgan fingerprint density at radius 1 is 0.852 bits per heavy atom. The number of nitrogens with one attached hydrogen (secondary N) is 1. The maximum Gasteiger partial charge on any atom is 0.341 e. The summed E-state index contributed by atoms with van der Waals surface area (Å²) in [7, 11) is 0. The van der Waals surface area contributed by atoms with E-state index in [0.717, 1.165) is 4.90 Å². The van der Waals surface area contributed by atoms with Gasteiger partial charge < -0.3 is 14.8 Å². The molecule has 0 radical (unpaired) electrons. The number of benzene rings is 2. The highest BCUT2D eigenvalue weighted by atomic mass is 16.6. The van der Waals surface area contributed by atoms with E-state index in [1.165, 1.54) is 0 Å². The van der Waals surface area contributed by atoms with Crippen LogP contribution in [0.2, 0.25) is 0 Å². The van der Waals surface area contributed by atoms with Gasteiger partial charge in [0.2, 0.25) is 6.04 Å². The SMILES string of the molecule is CCOC(=O)C(C(=O)OCC)N(C(=O)Nc1ccccc1)c1ccccc1. The van der Waals surface area contributed by atoms with Crippen molar-refractivity contribution in [3.05, 3.63) is 60.7 Å². The molecule has 1 N–H and O–H groups in total. The molecule has 142 valence electrons. The molecule has 0 spiro atoms. The number of urea groups is 1. The molecule has 2 rings (SSSR count). The van der Waals surface area contributed by atoms with Crippen LogP contribution in [0.25, 0.3) is 0 Å². The van der Waals surface area contributed by atoms with E-state index in [0.29, 0.717) is 11.4 Å². The number of hydrogen-bond donors (Lipinski definition) is 1. The van der Waals surface area contributed by atoms with Gasteiger partial charge in [-0.05, 0) is 38.1 Å². The molecule has 7 heteroatoms. The Kier molecular flexibility index (Phi) is 7.37. The first-order valence-corrected chi connectivity index (χ1v) is 8.62. The summed E-state index contributed by atoms with van der Waals surface area (Å²) in [5.41, 5.74) is 0.881. The topological polar surface area (TPSA) is 84.9 Å². The number of carbonyl (C=O) groups excluding carboxylic acids is 3. The van der Waals surface area contributed by atoms with Crippen LogP contribution in [0.3, 0.4) is 0 Å². The summed E-state index contributed by atoms with van der Waals surface area (Å²) in [5.74, 6) is -1.72. The van der Waals surface area contributed by atoms with Crippen molar-refractivity contribution in [1.82, 2.24) is 0 Å². The molecule has 2 amide bonds. The number of amides is 2. The van der Waals surface area contributed by atoms with Crippen molar-refractivity contribution in [2.45, 2.75) is 19.9 Å². The molecule has 0 aliphatic rings. The van der Waals surface area contributed by atoms with Gasteiger partial charge in [0.1, 0.15) is 0 Å². The number of carbonyl (C=O) groups is 3. The standard InChI is InChI=1S/C20H22N2O5/c1-3-26-18(23)17(19(24)27-4-2)22(16-13-9-6-10-14-16)20(25)21-15-11-7-5-8-12-15/h5-14,17H,3-4H2,1-2H3,(H,21,25). The molecule has 0 aromatic heterocycles. The third-order valence-corrected chi connectivity index (χ3v) is 3.56. The average Bonchev–Trinajstić information content (AvgIpc) is 2.67. The monoisotopic (exact) mass is 370 g/mol. The van der Waals surface area contributed by atoms with Crippen LogP contribution in [-0.2, 0) is 19.1 Å². The molecule has 0 aliphatic heterocycles. The molecule has 2 aromatic carbocycles. The van der Waals surface area contributed by atoms with Crippen molar-refractivity contribution in [3.63, 3.8) is 0 Å². The van der Waals surface area contributed by atoms with Crippen LogP contribution in [-0.4, -0.2) is 37.2 Å². The average molecular weight is 370 g/mol. The molecule has 0 saturated carbocycles. The molecule has 0 saturated heterocycles. The maximum absolute atomic E-state index is 13.0. The summed E-state index contributed by atoms with van der Waals surface area (Å²) in [5, 5.41) is 2.69. The lowest BCUT2D eigenvalue weighted by molar-refractivity contribution is -0.156. The van der Waals surface area contributed by atoms with E-state index < -0.39 is 24.0 Å². The minimum Gasteiger partial charge on any atom is -0.464 e. The van der Waals surface area contributed by atoms with Crippen LogP contribution < -0.4 is 10.2 Å². The lowest BCUT2D eigenvalue weighted by atomic mass is 10.2. The van der Waals surface area contributed by atoms with Gasteiger partial charge in [0.05, 0.1) is 13.2 Å². The van der Waals surface area contributed by atoms with Gasteiger partial charge in [-0.1, -0.05) is 36.4 Å². The predicted octanol–water partition coefficient (Wildman–Crippen LogP) is 3.22. The van der Waals surface area contributed by atoms with Crippen molar-refractivity contribution in [2.24, 2.45) is 0 Å². The van der Waals surface area contributed by atoms with Gasteiger partial charge in [-0.25, -0.2) is 14.4 Å². The number of ether oxygens (including phenoxy) is 2. The van der Waals surface area contributed by atoms with Gasteiger partial charge in [0.25, 0.3) is 0 Å². The van der Waals surface area contributed by atoms with E-state index in [1.807, 2.05) is 6.07 Å². The van der Waals surface area contributed by atoms with Crippen molar-refractivity contribution in [2.75, 3.05) is 23.4 Å². The summed E-state index contributed by atoms with van der Waals surface area (Å²) in [4.78, 5) is 39.0. The summed E-state index contributed by atoms with van der Waals surface area (Å²) < 4.78 is 10.0. The van der Waals surface area contributed by atoms with Crippen LogP contribution >= 0.6 is 0 Å². The van der Waals surface area contributed by atoms with Gasteiger partial charge >= 0.3 is 18.0 Å². The smallest absolute Gasteiger partial charge is 0.341 e. The number of anilines is 2. The highest BCUT2D eigenvalue weighted by Crippen LogP contribution is 2.21. The van der Waals surface area contributed by atoms with Gasteiger partial charge in [0.15, 0.2) is 0 Å². The van der Waals surface area contributed by atoms with Crippen molar-refractivity contribution in [1.29, 1.82) is 0 Å². The zero-order valence-electron chi connectivity index (χ0n) is 15.3. The van der Waals surface area contributed by atoms with Gasteiger partial charge in [-0.15, -0.1) is 0 Å². The second kappa shape index (κ2) is 9.96. The quantitative estimate of drug-likeness (QED) is 0.597. The first-order valence-electron chi connectivity index (χ1n) is 8.62. The second-order valence-corrected chi connectivity index (χ2v) is 5.41. The van der Waals surface area contributed by atoms with E-state index in [-0.39, 0.29) is 13.2 Å². The summed E-state index contributed by atoms with van der Waals surface area (Å²) in [6.07, 6.45) is 0. The number of rotatable bonds is 7. The zero-order chi connectivity index (χ0) is 19.6. The molecule has 0 bridgehead atoms. The van der Waals surface area contributed by atoms with Crippen molar-refractivity contribution < 1.29 is 23.9 Å². The Hall–Kier alpha value is -3.35. The van der Waals surface area contributed by atoms with E-state index >= 15 is 0 Å². The zero-order valence-corrected chi connectivity index (χ0v) is 15.3. The van der Waals surface area contributed by atoms with Crippen molar-refractivity contribution >= 4 is 29.3 Å². The third kappa shape index (κ3) is 5.31. The summed E-state index contributed by atoms with van der Waals surface area (Å²) in [6.45, 7) is 3.38. The molecule has 7 nitrogen and oxygen atoms in total. The normalized spacial score (nSPS) is 10.2. The fourth-order valence-electron chi connectivity index (χ4n) is 2.43. The Morgan fingerprint density at radius 3 is 1.81 bits per heavy atom. The highest BCUT2D eigenvalue weighted by Gasteiger charge is 2.39. The van der Waals surface area contributed by atoms with Crippen LogP contribution in [0, 0.1) is 0 Å². The molecular formula is C20H22N2O5. The minimum atomic E-state index is -1.56. The summed E-state index contributed by atoms with van der Waals surface area (Å²) in [6, 6.07) is 14.9. The Bertz CT molecular complexity index is 746. The van der Waals surface area contributed by atoms with Crippen LogP contribution in [0.1, 0.15) is 13.8 Å².